The van der Waals surface area contributed by atoms with E-state index in [0.717, 1.165) is 0 Å². The first-order chi connectivity index (χ1) is 6.65. The molecule has 2 nitrogen and oxygen atoms in total. The van der Waals surface area contributed by atoms with Gasteiger partial charge in [0.05, 0.1) is 22.4 Å². The van der Waals surface area contributed by atoms with E-state index in [4.69, 9.17) is 17.3 Å². The van der Waals surface area contributed by atoms with E-state index in [1.165, 1.54) is 0 Å². The van der Waals surface area contributed by atoms with E-state index in [2.05, 4.69) is 0 Å². The number of halogens is 2. The fourth-order valence-corrected chi connectivity index (χ4v) is 2.42. The number of hydrogen-bond donors (Lipinski definition) is 1. The van der Waals surface area contributed by atoms with Gasteiger partial charge < -0.3 is 5.73 Å². The fraction of sp³-hybridized carbons (Fsp3) is 0.333. The fourth-order valence-electron chi connectivity index (χ4n) is 1.00. The molecule has 0 radical (unpaired) electrons. The Kier molecular flexibility index (Phi) is 4.35. The Labute approximate surface area is 89.7 Å². The Morgan fingerprint density at radius 2 is 2.21 bits per heavy atom. The van der Waals surface area contributed by atoms with Crippen molar-refractivity contribution in [2.45, 2.75) is 11.3 Å². The molecule has 0 aliphatic carbocycles. The molecular weight excluding hydrogens is 225 g/mol. The van der Waals surface area contributed by atoms with Crippen LogP contribution in [0.4, 0.5) is 10.1 Å². The first-order valence-electron chi connectivity index (χ1n) is 4.14. The minimum absolute atomic E-state index is 0.276. The Morgan fingerprint density at radius 3 is 2.86 bits per heavy atom. The van der Waals surface area contributed by atoms with Gasteiger partial charge >= 0.3 is 0 Å². The van der Waals surface area contributed by atoms with Crippen molar-refractivity contribution < 1.29 is 8.60 Å². The molecule has 0 spiro atoms. The molecule has 1 rings (SSSR count). The van der Waals surface area contributed by atoms with Crippen molar-refractivity contribution >= 4 is 28.1 Å². The van der Waals surface area contributed by atoms with E-state index in [0.29, 0.717) is 15.6 Å². The molecule has 1 unspecified atom stereocenters. The van der Waals surface area contributed by atoms with Gasteiger partial charge in [-0.3, -0.25) is 8.60 Å². The summed E-state index contributed by atoms with van der Waals surface area (Å²) >= 11 is 5.73. The smallest absolute Gasteiger partial charge is 0.0903 e. The third-order valence-electron chi connectivity index (χ3n) is 1.68. The second-order valence-electron chi connectivity index (χ2n) is 2.77. The van der Waals surface area contributed by atoms with E-state index < -0.39 is 17.5 Å². The molecular formula is C9H11ClFNOS. The number of rotatable bonds is 4. The van der Waals surface area contributed by atoms with Gasteiger partial charge in [0.1, 0.15) is 0 Å². The van der Waals surface area contributed by atoms with Gasteiger partial charge in [-0.2, -0.15) is 0 Å². The topological polar surface area (TPSA) is 43.1 Å². The Bertz CT molecular complexity index is 346. The summed E-state index contributed by atoms with van der Waals surface area (Å²) in [6.07, 6.45) is 0.276. The van der Waals surface area contributed by atoms with Crippen LogP contribution < -0.4 is 5.73 Å². The summed E-state index contributed by atoms with van der Waals surface area (Å²) in [5, 5.41) is 0.489. The maximum absolute atomic E-state index is 11.9. The molecule has 0 aliphatic heterocycles. The molecule has 1 aromatic rings. The van der Waals surface area contributed by atoms with Crippen LogP contribution in [0.3, 0.4) is 0 Å². The molecule has 78 valence electrons. The standard InChI is InChI=1S/C9H11ClFNOS/c10-7-2-3-8(12)9(6-7)14(13)5-1-4-11/h2-3,6H,1,4-5,12H2. The van der Waals surface area contributed by atoms with E-state index in [9.17, 15) is 8.60 Å². The highest BCUT2D eigenvalue weighted by Gasteiger charge is 2.08. The van der Waals surface area contributed by atoms with E-state index in [1.807, 2.05) is 0 Å². The van der Waals surface area contributed by atoms with Gasteiger partial charge in [0.25, 0.3) is 0 Å². The molecule has 0 saturated carbocycles. The minimum atomic E-state index is -1.25. The Balaban J connectivity index is 2.83. The maximum atomic E-state index is 11.9. The van der Waals surface area contributed by atoms with Crippen molar-refractivity contribution in [3.63, 3.8) is 0 Å². The lowest BCUT2D eigenvalue weighted by Gasteiger charge is -2.04. The molecule has 0 bridgehead atoms. The summed E-state index contributed by atoms with van der Waals surface area (Å²) < 4.78 is 23.4. The van der Waals surface area contributed by atoms with Crippen LogP contribution in [0.5, 0.6) is 0 Å². The number of alkyl halides is 1. The number of hydrogen-bond acceptors (Lipinski definition) is 2. The van der Waals surface area contributed by atoms with Crippen LogP contribution in [0.25, 0.3) is 0 Å². The van der Waals surface area contributed by atoms with Crippen molar-refractivity contribution in [3.8, 4) is 0 Å². The summed E-state index contributed by atoms with van der Waals surface area (Å²) in [6.45, 7) is -0.466. The summed E-state index contributed by atoms with van der Waals surface area (Å²) in [5.74, 6) is 0.279. The average molecular weight is 236 g/mol. The van der Waals surface area contributed by atoms with Crippen LogP contribution in [-0.2, 0) is 10.8 Å². The van der Waals surface area contributed by atoms with Gasteiger partial charge in [-0.1, -0.05) is 11.6 Å². The molecule has 5 heteroatoms. The summed E-state index contributed by atoms with van der Waals surface area (Å²) in [6, 6.07) is 4.79. The normalized spacial score (nSPS) is 12.7. The first kappa shape index (κ1) is 11.5. The molecule has 0 aromatic heterocycles. The second kappa shape index (κ2) is 5.32. The zero-order valence-corrected chi connectivity index (χ0v) is 9.08. The lowest BCUT2D eigenvalue weighted by molar-refractivity contribution is 0.488. The van der Waals surface area contributed by atoms with Gasteiger partial charge in [-0.15, -0.1) is 0 Å². The molecule has 0 fully saturated rings. The van der Waals surface area contributed by atoms with E-state index in [1.54, 1.807) is 18.2 Å². The summed E-state index contributed by atoms with van der Waals surface area (Å²) in [5.41, 5.74) is 6.05. The summed E-state index contributed by atoms with van der Waals surface area (Å²) in [7, 11) is -1.25. The number of anilines is 1. The Morgan fingerprint density at radius 1 is 1.50 bits per heavy atom. The molecule has 1 atom stereocenters. The van der Waals surface area contributed by atoms with E-state index in [-0.39, 0.29) is 12.2 Å². The lowest BCUT2D eigenvalue weighted by atomic mass is 10.3. The van der Waals surface area contributed by atoms with E-state index >= 15 is 0 Å². The highest BCUT2D eigenvalue weighted by atomic mass is 35.5. The highest BCUT2D eigenvalue weighted by molar-refractivity contribution is 7.85. The largest absolute Gasteiger partial charge is 0.398 e. The number of nitrogen functional groups attached to an aromatic ring is 1. The van der Waals surface area contributed by atoms with Gasteiger partial charge in [0.15, 0.2) is 0 Å². The number of nitrogens with two attached hydrogens (primary N) is 1. The minimum Gasteiger partial charge on any atom is -0.398 e. The van der Waals surface area contributed by atoms with Gasteiger partial charge in [-0.05, 0) is 24.6 Å². The van der Waals surface area contributed by atoms with Gasteiger partial charge in [-0.25, -0.2) is 0 Å². The van der Waals surface area contributed by atoms with Crippen molar-refractivity contribution in [2.75, 3.05) is 18.2 Å². The van der Waals surface area contributed by atoms with Crippen LogP contribution in [0.15, 0.2) is 23.1 Å². The van der Waals surface area contributed by atoms with Crippen molar-refractivity contribution in [1.29, 1.82) is 0 Å². The quantitative estimate of drug-likeness (QED) is 0.815. The van der Waals surface area contributed by atoms with Crippen molar-refractivity contribution in [3.05, 3.63) is 23.2 Å². The Hall–Kier alpha value is -0.610. The molecule has 0 saturated heterocycles. The predicted molar refractivity (Wildman–Crippen MR) is 57.7 cm³/mol. The van der Waals surface area contributed by atoms with Gasteiger partial charge in [0.2, 0.25) is 0 Å². The molecule has 1 aromatic carbocycles. The van der Waals surface area contributed by atoms with Crippen LogP contribution in [-0.4, -0.2) is 16.6 Å². The van der Waals surface area contributed by atoms with Crippen LogP contribution in [0.2, 0.25) is 5.02 Å². The van der Waals surface area contributed by atoms with Crippen molar-refractivity contribution in [1.82, 2.24) is 0 Å². The molecule has 14 heavy (non-hydrogen) atoms. The van der Waals surface area contributed by atoms with Crippen LogP contribution in [0, 0.1) is 0 Å². The molecule has 0 amide bonds. The molecule has 0 aliphatic rings. The van der Waals surface area contributed by atoms with Crippen LogP contribution in [0.1, 0.15) is 6.42 Å². The number of benzene rings is 1. The molecule has 2 N–H and O–H groups in total. The van der Waals surface area contributed by atoms with Gasteiger partial charge in [0, 0.05) is 16.5 Å². The lowest BCUT2D eigenvalue weighted by Crippen LogP contribution is -2.02. The van der Waals surface area contributed by atoms with Crippen LogP contribution >= 0.6 is 11.6 Å². The molecule has 0 heterocycles. The third-order valence-corrected chi connectivity index (χ3v) is 3.42. The maximum Gasteiger partial charge on any atom is 0.0903 e. The average Bonchev–Trinajstić information content (AvgIpc) is 2.18. The monoisotopic (exact) mass is 235 g/mol. The first-order valence-corrected chi connectivity index (χ1v) is 5.84. The highest BCUT2D eigenvalue weighted by Crippen LogP contribution is 2.21. The second-order valence-corrected chi connectivity index (χ2v) is 4.75. The zero-order valence-electron chi connectivity index (χ0n) is 7.50. The SMILES string of the molecule is Nc1ccc(Cl)cc1S(=O)CCCF. The summed E-state index contributed by atoms with van der Waals surface area (Å²) in [4.78, 5) is 0.492. The predicted octanol–water partition coefficient (Wildman–Crippen LogP) is 2.39. The van der Waals surface area contributed by atoms with Crippen molar-refractivity contribution in [2.24, 2.45) is 0 Å². The third kappa shape index (κ3) is 2.96. The zero-order chi connectivity index (χ0) is 10.6.